The Bertz CT molecular complexity index is 1340. The van der Waals surface area contributed by atoms with Gasteiger partial charge in [-0.1, -0.05) is 30.3 Å². The molecular formula is C28H23NO5. The summed E-state index contributed by atoms with van der Waals surface area (Å²) in [6.07, 6.45) is 4.26. The number of hydrogen-bond acceptors (Lipinski definition) is 5. The zero-order valence-corrected chi connectivity index (χ0v) is 18.5. The summed E-state index contributed by atoms with van der Waals surface area (Å²) < 4.78 is 11.2. The minimum absolute atomic E-state index is 0.0538. The normalized spacial score (nSPS) is 10.5. The zero-order valence-electron chi connectivity index (χ0n) is 18.5. The van der Waals surface area contributed by atoms with E-state index in [2.05, 4.69) is 41.1 Å². The summed E-state index contributed by atoms with van der Waals surface area (Å²) in [6, 6.07) is 21.6. The Labute approximate surface area is 197 Å². The number of ether oxygens (including phenoxy) is 1. The maximum Gasteiger partial charge on any atom is 0.335 e. The molecule has 0 saturated carbocycles. The number of carbonyl (C=O) groups is 2. The van der Waals surface area contributed by atoms with Crippen LogP contribution in [0.4, 0.5) is 0 Å². The molecule has 0 radical (unpaired) electrons. The summed E-state index contributed by atoms with van der Waals surface area (Å²) >= 11 is 0. The van der Waals surface area contributed by atoms with Crippen molar-refractivity contribution in [3.63, 3.8) is 0 Å². The first-order chi connectivity index (χ1) is 16.6. The van der Waals surface area contributed by atoms with E-state index in [1.165, 1.54) is 23.8 Å². The first-order valence-electron chi connectivity index (χ1n) is 11.1. The minimum atomic E-state index is -1.05. The average molecular weight is 453 g/mol. The lowest BCUT2D eigenvalue weighted by Gasteiger charge is -2.06. The molecule has 6 nitrogen and oxygen atoms in total. The van der Waals surface area contributed by atoms with Crippen LogP contribution in [-0.4, -0.2) is 28.4 Å². The number of aryl methyl sites for hydroxylation is 1. The van der Waals surface area contributed by atoms with Crippen molar-refractivity contribution in [2.45, 2.75) is 25.7 Å². The number of carboxylic acid groups (broad SMARTS) is 1. The minimum Gasteiger partial charge on any atom is -0.494 e. The fourth-order valence-electron chi connectivity index (χ4n) is 3.44. The number of Topliss-reactive ketones (excluding diaryl/α,β-unsaturated/α-hetero) is 1. The molecule has 1 N–H and O–H groups in total. The molecule has 0 atom stereocenters. The summed E-state index contributed by atoms with van der Waals surface area (Å²) in [5, 5.41) is 9.05. The van der Waals surface area contributed by atoms with Crippen molar-refractivity contribution < 1.29 is 23.8 Å². The van der Waals surface area contributed by atoms with Gasteiger partial charge in [-0.2, -0.15) is 0 Å². The molecular weight excluding hydrogens is 430 g/mol. The van der Waals surface area contributed by atoms with Crippen molar-refractivity contribution in [3.8, 4) is 17.6 Å². The Morgan fingerprint density at radius 1 is 0.912 bits per heavy atom. The third-order valence-electron chi connectivity index (χ3n) is 5.26. The van der Waals surface area contributed by atoms with Crippen LogP contribution in [0.3, 0.4) is 0 Å². The van der Waals surface area contributed by atoms with Crippen LogP contribution in [0.2, 0.25) is 0 Å². The first kappa shape index (κ1) is 22.8. The molecule has 0 amide bonds. The second-order valence-electron chi connectivity index (χ2n) is 7.75. The number of benzene rings is 3. The van der Waals surface area contributed by atoms with Gasteiger partial charge in [-0.05, 0) is 79.6 Å². The Kier molecular flexibility index (Phi) is 7.36. The van der Waals surface area contributed by atoms with Gasteiger partial charge in [0.05, 0.1) is 12.2 Å². The second-order valence-corrected chi connectivity index (χ2v) is 7.75. The van der Waals surface area contributed by atoms with E-state index >= 15 is 0 Å². The number of nitrogens with zero attached hydrogens (tertiary/aromatic N) is 1. The van der Waals surface area contributed by atoms with Crippen LogP contribution in [0.5, 0.6) is 5.75 Å². The highest BCUT2D eigenvalue weighted by Gasteiger charge is 2.09. The van der Waals surface area contributed by atoms with Gasteiger partial charge in [0, 0.05) is 11.5 Å². The van der Waals surface area contributed by atoms with Crippen LogP contribution < -0.4 is 4.74 Å². The first-order valence-corrected chi connectivity index (χ1v) is 11.1. The van der Waals surface area contributed by atoms with E-state index in [9.17, 15) is 9.59 Å². The number of fused-ring (bicyclic) bond motifs is 1. The molecule has 0 unspecified atom stereocenters. The van der Waals surface area contributed by atoms with E-state index < -0.39 is 5.97 Å². The van der Waals surface area contributed by atoms with E-state index in [1.807, 2.05) is 6.07 Å². The van der Waals surface area contributed by atoms with Gasteiger partial charge in [0.15, 0.2) is 5.58 Å². The third kappa shape index (κ3) is 6.11. The summed E-state index contributed by atoms with van der Waals surface area (Å²) in [5.41, 5.74) is 2.68. The number of hydrogen-bond donors (Lipinski definition) is 1. The van der Waals surface area contributed by atoms with Crippen molar-refractivity contribution in [3.05, 3.63) is 95.4 Å². The summed E-state index contributed by atoms with van der Waals surface area (Å²) in [5.74, 6) is 4.45. The van der Waals surface area contributed by atoms with E-state index in [1.54, 1.807) is 24.3 Å². The summed E-state index contributed by atoms with van der Waals surface area (Å²) in [6.45, 7) is 0.628. The van der Waals surface area contributed by atoms with E-state index in [0.29, 0.717) is 29.0 Å². The monoisotopic (exact) mass is 453 g/mol. The lowest BCUT2D eigenvalue weighted by atomic mass is 10.1. The molecule has 4 aromatic rings. The number of carbonyl (C=O) groups excluding carboxylic acids is 1. The number of oxazole rings is 1. The molecule has 0 fully saturated rings. The molecule has 170 valence electrons. The number of ketones is 1. The van der Waals surface area contributed by atoms with Gasteiger partial charge in [-0.25, -0.2) is 9.78 Å². The Hall–Kier alpha value is -4.37. The van der Waals surface area contributed by atoms with E-state index in [0.717, 1.165) is 25.7 Å². The van der Waals surface area contributed by atoms with Crippen LogP contribution >= 0.6 is 0 Å². The molecule has 6 heteroatoms. The van der Waals surface area contributed by atoms with Crippen molar-refractivity contribution >= 4 is 22.9 Å². The smallest absolute Gasteiger partial charge is 0.335 e. The molecule has 1 aromatic heterocycles. The van der Waals surface area contributed by atoms with Crippen LogP contribution in [0.15, 0.2) is 77.2 Å². The average Bonchev–Trinajstić information content (AvgIpc) is 3.28. The number of carboxylic acids is 1. The summed E-state index contributed by atoms with van der Waals surface area (Å²) in [7, 11) is 0. The van der Waals surface area contributed by atoms with Gasteiger partial charge in [-0.3, -0.25) is 4.79 Å². The lowest BCUT2D eigenvalue weighted by molar-refractivity contribution is 0.0697. The van der Waals surface area contributed by atoms with Gasteiger partial charge in [0.25, 0.3) is 5.89 Å². The SMILES string of the molecule is O=C(O)c1ccc2oc(C#CC(=O)c3ccc(OCCCCCc4ccccc4)cc3)nc2c1. The van der Waals surface area contributed by atoms with Crippen molar-refractivity contribution in [1.82, 2.24) is 4.98 Å². The fourth-order valence-corrected chi connectivity index (χ4v) is 3.44. The molecule has 0 aliphatic heterocycles. The fraction of sp³-hybridized carbons (Fsp3) is 0.179. The number of rotatable bonds is 9. The predicted octanol–water partition coefficient (Wildman–Crippen LogP) is 5.55. The van der Waals surface area contributed by atoms with Crippen molar-refractivity contribution in [2.75, 3.05) is 6.61 Å². The van der Waals surface area contributed by atoms with E-state index in [-0.39, 0.29) is 17.2 Å². The molecule has 0 saturated heterocycles. The second kappa shape index (κ2) is 11.0. The quantitative estimate of drug-likeness (QED) is 0.203. The molecule has 0 aliphatic carbocycles. The lowest BCUT2D eigenvalue weighted by Crippen LogP contribution is -1.99. The highest BCUT2D eigenvalue weighted by Crippen LogP contribution is 2.17. The third-order valence-corrected chi connectivity index (χ3v) is 5.26. The maximum atomic E-state index is 12.4. The standard InChI is InChI=1S/C28H23NO5/c30-25(15-17-27-29-24-19-22(28(31)32)12-16-26(24)34-27)21-10-13-23(14-11-21)33-18-6-2-5-9-20-7-3-1-4-8-20/h1,3-4,7-8,10-14,16,19H,2,5-6,9,18H2,(H,31,32). The largest absolute Gasteiger partial charge is 0.494 e. The van der Waals surface area contributed by atoms with Crippen LogP contribution in [0.1, 0.15) is 51.4 Å². The van der Waals surface area contributed by atoms with Crippen LogP contribution in [0, 0.1) is 11.8 Å². The molecule has 3 aromatic carbocycles. The van der Waals surface area contributed by atoms with Crippen LogP contribution in [0.25, 0.3) is 11.1 Å². The van der Waals surface area contributed by atoms with Gasteiger partial charge in [-0.15, -0.1) is 0 Å². The van der Waals surface area contributed by atoms with Crippen molar-refractivity contribution in [1.29, 1.82) is 0 Å². The predicted molar refractivity (Wildman–Crippen MR) is 128 cm³/mol. The number of unbranched alkanes of at least 4 members (excludes halogenated alkanes) is 2. The van der Waals surface area contributed by atoms with Gasteiger partial charge in [0.2, 0.25) is 5.78 Å². The highest BCUT2D eigenvalue weighted by molar-refractivity contribution is 6.09. The maximum absolute atomic E-state index is 12.4. The molecule has 0 bridgehead atoms. The van der Waals surface area contributed by atoms with Crippen molar-refractivity contribution in [2.24, 2.45) is 0 Å². The molecule has 34 heavy (non-hydrogen) atoms. The Morgan fingerprint density at radius 3 is 2.44 bits per heavy atom. The van der Waals surface area contributed by atoms with Gasteiger partial charge >= 0.3 is 5.97 Å². The Morgan fingerprint density at radius 2 is 1.68 bits per heavy atom. The molecule has 0 spiro atoms. The highest BCUT2D eigenvalue weighted by atomic mass is 16.5. The topological polar surface area (TPSA) is 89.6 Å². The molecule has 4 rings (SSSR count). The molecule has 1 heterocycles. The van der Waals surface area contributed by atoms with Gasteiger partial charge in [0.1, 0.15) is 11.3 Å². The number of aromatic carboxylic acids is 1. The molecule has 0 aliphatic rings. The van der Waals surface area contributed by atoms with Crippen LogP contribution in [-0.2, 0) is 6.42 Å². The Balaban J connectivity index is 1.25. The zero-order chi connectivity index (χ0) is 23.8. The van der Waals surface area contributed by atoms with Gasteiger partial charge < -0.3 is 14.3 Å². The van der Waals surface area contributed by atoms with E-state index in [4.69, 9.17) is 14.3 Å². The number of aromatic nitrogens is 1. The summed E-state index contributed by atoms with van der Waals surface area (Å²) in [4.78, 5) is 27.6.